The molecule has 0 unspecified atom stereocenters. The maximum atomic E-state index is 10.4. The third-order valence-electron chi connectivity index (χ3n) is 1.70. The van der Waals surface area contributed by atoms with Crippen molar-refractivity contribution in [1.82, 2.24) is 0 Å². The summed E-state index contributed by atoms with van der Waals surface area (Å²) in [5, 5.41) is 2.50. The molecule has 1 rings (SSSR count). The van der Waals surface area contributed by atoms with Crippen molar-refractivity contribution in [3.05, 3.63) is 24.3 Å². The number of hydrogen-bond donors (Lipinski definition) is 2. The Hall–Kier alpha value is -2.04. The van der Waals surface area contributed by atoms with Crippen LogP contribution in [-0.4, -0.2) is 18.9 Å². The number of rotatable bonds is 6. The lowest BCUT2D eigenvalue weighted by atomic mass is 10.3. The number of amides is 2. The molecule has 80 valence electrons. The standard InChI is InChI=1S/C10H12N2O3/c11-10(14)5-6-15-9-3-1-8(2-4-9)12-7-13/h1-4,7H,5-6H2,(H2,11,14)(H,12,13). The Kier molecular flexibility index (Phi) is 4.15. The molecule has 0 aliphatic carbocycles. The van der Waals surface area contributed by atoms with Crippen LogP contribution in [0, 0.1) is 0 Å². The predicted octanol–water partition coefficient (Wildman–Crippen LogP) is 0.509. The Labute approximate surface area is 87.2 Å². The van der Waals surface area contributed by atoms with Crippen LogP contribution in [0.4, 0.5) is 5.69 Å². The zero-order valence-electron chi connectivity index (χ0n) is 8.10. The van der Waals surface area contributed by atoms with E-state index in [2.05, 4.69) is 5.32 Å². The summed E-state index contributed by atoms with van der Waals surface area (Å²) >= 11 is 0. The van der Waals surface area contributed by atoms with E-state index < -0.39 is 5.91 Å². The zero-order valence-corrected chi connectivity index (χ0v) is 8.10. The Morgan fingerprint density at radius 1 is 1.40 bits per heavy atom. The van der Waals surface area contributed by atoms with E-state index in [0.29, 0.717) is 17.8 Å². The zero-order chi connectivity index (χ0) is 11.1. The van der Waals surface area contributed by atoms with Gasteiger partial charge in [0.1, 0.15) is 5.75 Å². The van der Waals surface area contributed by atoms with Crippen LogP contribution in [0.15, 0.2) is 24.3 Å². The fraction of sp³-hybridized carbons (Fsp3) is 0.200. The van der Waals surface area contributed by atoms with Crippen molar-refractivity contribution in [2.24, 2.45) is 5.73 Å². The Balaban J connectivity index is 2.42. The lowest BCUT2D eigenvalue weighted by Gasteiger charge is -2.05. The molecule has 0 aromatic heterocycles. The first-order chi connectivity index (χ1) is 7.22. The molecule has 0 aliphatic heterocycles. The summed E-state index contributed by atoms with van der Waals surface area (Å²) in [6.07, 6.45) is 0.789. The van der Waals surface area contributed by atoms with Gasteiger partial charge in [-0.25, -0.2) is 0 Å². The van der Waals surface area contributed by atoms with Gasteiger partial charge in [-0.15, -0.1) is 0 Å². The van der Waals surface area contributed by atoms with Gasteiger partial charge in [0.15, 0.2) is 0 Å². The van der Waals surface area contributed by atoms with E-state index in [9.17, 15) is 9.59 Å². The van der Waals surface area contributed by atoms with Crippen molar-refractivity contribution in [2.75, 3.05) is 11.9 Å². The maximum Gasteiger partial charge on any atom is 0.220 e. The van der Waals surface area contributed by atoms with Crippen LogP contribution in [0.1, 0.15) is 6.42 Å². The highest BCUT2D eigenvalue weighted by molar-refractivity contribution is 5.73. The average Bonchev–Trinajstić information content (AvgIpc) is 2.20. The molecule has 0 heterocycles. The maximum absolute atomic E-state index is 10.4. The second kappa shape index (κ2) is 5.64. The molecule has 5 nitrogen and oxygen atoms in total. The Bertz CT molecular complexity index is 335. The minimum absolute atomic E-state index is 0.189. The Morgan fingerprint density at radius 3 is 2.60 bits per heavy atom. The lowest BCUT2D eigenvalue weighted by Crippen LogP contribution is -2.14. The largest absolute Gasteiger partial charge is 0.493 e. The van der Waals surface area contributed by atoms with Crippen LogP contribution in [0.2, 0.25) is 0 Å². The van der Waals surface area contributed by atoms with Gasteiger partial charge < -0.3 is 15.8 Å². The summed E-state index contributed by atoms with van der Waals surface area (Å²) < 4.78 is 5.23. The van der Waals surface area contributed by atoms with Crippen LogP contribution in [0.5, 0.6) is 5.75 Å². The van der Waals surface area contributed by atoms with Gasteiger partial charge in [-0.1, -0.05) is 0 Å². The van der Waals surface area contributed by atoms with E-state index in [-0.39, 0.29) is 13.0 Å². The Morgan fingerprint density at radius 2 is 2.07 bits per heavy atom. The van der Waals surface area contributed by atoms with Gasteiger partial charge in [0.25, 0.3) is 0 Å². The summed E-state index contributed by atoms with van der Waals surface area (Å²) in [6.45, 7) is 0.260. The minimum Gasteiger partial charge on any atom is -0.493 e. The second-order valence-electron chi connectivity index (χ2n) is 2.85. The number of carbonyl (C=O) groups excluding carboxylic acids is 2. The van der Waals surface area contributed by atoms with Crippen LogP contribution in [-0.2, 0) is 9.59 Å². The summed E-state index contributed by atoms with van der Waals surface area (Å²) in [6, 6.07) is 6.81. The highest BCUT2D eigenvalue weighted by Crippen LogP contribution is 2.15. The molecule has 0 saturated heterocycles. The summed E-state index contributed by atoms with van der Waals surface area (Å²) in [5.74, 6) is 0.238. The number of ether oxygens (including phenoxy) is 1. The molecule has 0 spiro atoms. The molecule has 15 heavy (non-hydrogen) atoms. The second-order valence-corrected chi connectivity index (χ2v) is 2.85. The normalized spacial score (nSPS) is 9.33. The molecule has 0 radical (unpaired) electrons. The van der Waals surface area contributed by atoms with E-state index in [1.54, 1.807) is 24.3 Å². The van der Waals surface area contributed by atoms with Crippen molar-refractivity contribution in [2.45, 2.75) is 6.42 Å². The van der Waals surface area contributed by atoms with E-state index in [1.165, 1.54) is 0 Å². The van der Waals surface area contributed by atoms with E-state index in [4.69, 9.17) is 10.5 Å². The third-order valence-corrected chi connectivity index (χ3v) is 1.70. The highest BCUT2D eigenvalue weighted by atomic mass is 16.5. The van der Waals surface area contributed by atoms with Crippen LogP contribution in [0.3, 0.4) is 0 Å². The number of primary amides is 1. The van der Waals surface area contributed by atoms with Gasteiger partial charge in [0, 0.05) is 5.69 Å². The monoisotopic (exact) mass is 208 g/mol. The molecule has 0 fully saturated rings. The molecule has 0 atom stereocenters. The van der Waals surface area contributed by atoms with Crippen molar-refractivity contribution < 1.29 is 14.3 Å². The van der Waals surface area contributed by atoms with E-state index in [0.717, 1.165) is 0 Å². The SMILES string of the molecule is NC(=O)CCOc1ccc(NC=O)cc1. The molecule has 0 saturated carbocycles. The summed E-state index contributed by atoms with van der Waals surface area (Å²) in [5.41, 5.74) is 5.64. The van der Waals surface area contributed by atoms with Crippen molar-refractivity contribution in [3.8, 4) is 5.75 Å². The topological polar surface area (TPSA) is 81.4 Å². The number of benzene rings is 1. The van der Waals surface area contributed by atoms with Crippen molar-refractivity contribution in [1.29, 1.82) is 0 Å². The quantitative estimate of drug-likeness (QED) is 0.668. The van der Waals surface area contributed by atoms with Crippen LogP contribution >= 0.6 is 0 Å². The fourth-order valence-corrected chi connectivity index (χ4v) is 0.985. The molecule has 3 N–H and O–H groups in total. The van der Waals surface area contributed by atoms with E-state index >= 15 is 0 Å². The highest BCUT2D eigenvalue weighted by Gasteiger charge is 1.97. The number of hydrogen-bond acceptors (Lipinski definition) is 3. The smallest absolute Gasteiger partial charge is 0.220 e. The van der Waals surface area contributed by atoms with Crippen LogP contribution < -0.4 is 15.8 Å². The first-order valence-electron chi connectivity index (χ1n) is 4.43. The minimum atomic E-state index is -0.394. The molecule has 5 heteroatoms. The lowest BCUT2D eigenvalue weighted by molar-refractivity contribution is -0.118. The van der Waals surface area contributed by atoms with Crippen LogP contribution in [0.25, 0.3) is 0 Å². The van der Waals surface area contributed by atoms with Gasteiger partial charge >= 0.3 is 0 Å². The predicted molar refractivity (Wildman–Crippen MR) is 55.4 cm³/mol. The van der Waals surface area contributed by atoms with Gasteiger partial charge in [-0.05, 0) is 24.3 Å². The number of carbonyl (C=O) groups is 2. The van der Waals surface area contributed by atoms with Crippen molar-refractivity contribution >= 4 is 18.0 Å². The summed E-state index contributed by atoms with van der Waals surface area (Å²) in [4.78, 5) is 20.5. The molecule has 2 amide bonds. The number of anilines is 1. The first kappa shape index (κ1) is 11.0. The summed E-state index contributed by atoms with van der Waals surface area (Å²) in [7, 11) is 0. The number of nitrogens with one attached hydrogen (secondary N) is 1. The molecule has 0 bridgehead atoms. The van der Waals surface area contributed by atoms with Crippen molar-refractivity contribution in [3.63, 3.8) is 0 Å². The molecular formula is C10H12N2O3. The number of nitrogens with two attached hydrogens (primary N) is 1. The molecule has 1 aromatic rings. The average molecular weight is 208 g/mol. The fourth-order valence-electron chi connectivity index (χ4n) is 0.985. The van der Waals surface area contributed by atoms with Gasteiger partial charge in [0.2, 0.25) is 12.3 Å². The first-order valence-corrected chi connectivity index (χ1v) is 4.43. The molecule has 1 aromatic carbocycles. The molecule has 0 aliphatic rings. The van der Waals surface area contributed by atoms with Gasteiger partial charge in [-0.2, -0.15) is 0 Å². The van der Waals surface area contributed by atoms with Gasteiger partial charge in [0.05, 0.1) is 13.0 Å². The molecular weight excluding hydrogens is 196 g/mol. The van der Waals surface area contributed by atoms with E-state index in [1.807, 2.05) is 0 Å². The third kappa shape index (κ3) is 4.12. The van der Waals surface area contributed by atoms with Gasteiger partial charge in [-0.3, -0.25) is 9.59 Å².